The van der Waals surface area contributed by atoms with E-state index in [4.69, 9.17) is 0 Å². The van der Waals surface area contributed by atoms with Crippen LogP contribution in [-0.2, 0) is 15.1 Å². The fourth-order valence-corrected chi connectivity index (χ4v) is 2.59. The van der Waals surface area contributed by atoms with Crippen LogP contribution in [0.2, 0.25) is 0 Å². The van der Waals surface area contributed by atoms with Crippen LogP contribution in [0.5, 0.6) is 0 Å². The molecule has 0 radical (unpaired) electrons. The number of aromatic nitrogens is 2. The summed E-state index contributed by atoms with van der Waals surface area (Å²) in [5, 5.41) is 5.34. The minimum atomic E-state index is -1.28. The fourth-order valence-electron chi connectivity index (χ4n) is 2.59. The van der Waals surface area contributed by atoms with Crippen LogP contribution in [0.4, 0.5) is 10.5 Å². The van der Waals surface area contributed by atoms with E-state index in [1.807, 2.05) is 6.07 Å². The number of carbonyl (C=O) groups excluding carboxylic acids is 3. The average molecular weight is 339 g/mol. The minimum Gasteiger partial charge on any atom is -0.326 e. The van der Waals surface area contributed by atoms with Crippen molar-refractivity contribution in [3.05, 3.63) is 54.6 Å². The molecule has 128 valence electrons. The molecule has 0 saturated carbocycles. The number of carbonyl (C=O) groups is 3. The molecular formula is C17H17N5O3. The van der Waals surface area contributed by atoms with E-state index in [9.17, 15) is 14.4 Å². The van der Waals surface area contributed by atoms with Crippen molar-refractivity contribution in [3.8, 4) is 0 Å². The van der Waals surface area contributed by atoms with Gasteiger partial charge in [-0.25, -0.2) is 4.79 Å². The zero-order valence-corrected chi connectivity index (χ0v) is 13.6. The first kappa shape index (κ1) is 16.6. The molecule has 2 N–H and O–H groups in total. The van der Waals surface area contributed by atoms with Gasteiger partial charge in [-0.15, -0.1) is 0 Å². The van der Waals surface area contributed by atoms with E-state index in [1.165, 1.54) is 18.6 Å². The molecule has 1 unspecified atom stereocenters. The van der Waals surface area contributed by atoms with Gasteiger partial charge in [0.25, 0.3) is 5.91 Å². The molecule has 25 heavy (non-hydrogen) atoms. The van der Waals surface area contributed by atoms with Crippen molar-refractivity contribution in [1.29, 1.82) is 0 Å². The van der Waals surface area contributed by atoms with Crippen LogP contribution in [0.25, 0.3) is 0 Å². The van der Waals surface area contributed by atoms with Gasteiger partial charge in [0.1, 0.15) is 0 Å². The molecule has 1 saturated heterocycles. The van der Waals surface area contributed by atoms with E-state index in [0.29, 0.717) is 11.4 Å². The molecule has 3 rings (SSSR count). The van der Waals surface area contributed by atoms with Gasteiger partial charge >= 0.3 is 6.03 Å². The van der Waals surface area contributed by atoms with Crippen molar-refractivity contribution in [2.45, 2.75) is 18.9 Å². The first-order valence-electron chi connectivity index (χ1n) is 7.76. The number of hydrogen-bond acceptors (Lipinski definition) is 5. The quantitative estimate of drug-likeness (QED) is 0.798. The zero-order chi connectivity index (χ0) is 17.9. The molecule has 1 aromatic carbocycles. The lowest BCUT2D eigenvalue weighted by Crippen LogP contribution is -2.42. The van der Waals surface area contributed by atoms with Crippen molar-refractivity contribution in [1.82, 2.24) is 20.2 Å². The lowest BCUT2D eigenvalue weighted by atomic mass is 9.98. The largest absolute Gasteiger partial charge is 0.326 e. The normalized spacial score (nSPS) is 19.6. The highest BCUT2D eigenvalue weighted by molar-refractivity contribution is 6.07. The van der Waals surface area contributed by atoms with Gasteiger partial charge in [0, 0.05) is 31.0 Å². The van der Waals surface area contributed by atoms with Crippen LogP contribution < -0.4 is 10.6 Å². The van der Waals surface area contributed by atoms with E-state index >= 15 is 0 Å². The van der Waals surface area contributed by atoms with Crippen molar-refractivity contribution in [2.24, 2.45) is 0 Å². The fraction of sp³-hybridized carbons (Fsp3) is 0.235. The second kappa shape index (κ2) is 6.68. The highest BCUT2D eigenvalue weighted by atomic mass is 16.2. The maximum atomic E-state index is 12.7. The Hall–Kier alpha value is -3.29. The van der Waals surface area contributed by atoms with Crippen molar-refractivity contribution >= 4 is 23.5 Å². The maximum Gasteiger partial charge on any atom is 0.325 e. The van der Waals surface area contributed by atoms with Gasteiger partial charge in [0.15, 0.2) is 5.54 Å². The summed E-state index contributed by atoms with van der Waals surface area (Å²) in [6.45, 7) is 1.56. The summed E-state index contributed by atoms with van der Waals surface area (Å²) in [6.07, 6.45) is 4.38. The van der Waals surface area contributed by atoms with Gasteiger partial charge < -0.3 is 10.6 Å². The van der Waals surface area contributed by atoms with E-state index < -0.39 is 17.5 Å². The number of nitrogens with one attached hydrogen (secondary N) is 2. The number of urea groups is 1. The number of para-hydroxylation sites is 1. The molecule has 1 fully saturated rings. The van der Waals surface area contributed by atoms with Gasteiger partial charge in [-0.2, -0.15) is 0 Å². The Balaban J connectivity index is 1.64. The number of amides is 4. The number of rotatable bonds is 5. The molecule has 1 aromatic heterocycles. The Morgan fingerprint density at radius 3 is 2.68 bits per heavy atom. The SMILES string of the molecule is CC1(c2cnccn2)NC(=O)N(CCC(=O)Nc2ccccc2)C1=O. The summed E-state index contributed by atoms with van der Waals surface area (Å²) >= 11 is 0. The molecule has 8 heteroatoms. The van der Waals surface area contributed by atoms with Crippen molar-refractivity contribution in [3.63, 3.8) is 0 Å². The summed E-state index contributed by atoms with van der Waals surface area (Å²) in [4.78, 5) is 45.9. The molecule has 0 spiro atoms. The molecule has 1 aliphatic heterocycles. The topological polar surface area (TPSA) is 104 Å². The predicted octanol–water partition coefficient (Wildman–Crippen LogP) is 1.27. The van der Waals surface area contributed by atoms with Crippen LogP contribution in [0.3, 0.4) is 0 Å². The Kier molecular flexibility index (Phi) is 4.42. The lowest BCUT2D eigenvalue weighted by molar-refractivity contribution is -0.131. The molecule has 4 amide bonds. The summed E-state index contributed by atoms with van der Waals surface area (Å²) in [5.74, 6) is -0.731. The average Bonchev–Trinajstić information content (AvgIpc) is 2.85. The highest BCUT2D eigenvalue weighted by Gasteiger charge is 2.50. The Morgan fingerprint density at radius 2 is 2.00 bits per heavy atom. The van der Waals surface area contributed by atoms with Crippen molar-refractivity contribution < 1.29 is 14.4 Å². The van der Waals surface area contributed by atoms with Crippen LogP contribution in [0.15, 0.2) is 48.9 Å². The van der Waals surface area contributed by atoms with Crippen molar-refractivity contribution in [2.75, 3.05) is 11.9 Å². The Labute approximate surface area is 144 Å². The standard InChI is InChI=1S/C17H17N5O3/c1-17(13-11-18-8-9-19-13)15(24)22(16(25)21-17)10-7-14(23)20-12-5-3-2-4-6-12/h2-6,8-9,11H,7,10H2,1H3,(H,20,23)(H,21,25). The number of nitrogens with zero attached hydrogens (tertiary/aromatic N) is 3. The lowest BCUT2D eigenvalue weighted by Gasteiger charge is -2.20. The first-order valence-corrected chi connectivity index (χ1v) is 7.76. The van der Waals surface area contributed by atoms with E-state index in [1.54, 1.807) is 31.2 Å². The summed E-state index contributed by atoms with van der Waals surface area (Å²) < 4.78 is 0. The zero-order valence-electron chi connectivity index (χ0n) is 13.6. The number of hydrogen-bond donors (Lipinski definition) is 2. The number of benzene rings is 1. The number of anilines is 1. The molecule has 1 atom stereocenters. The summed E-state index contributed by atoms with van der Waals surface area (Å²) in [6, 6.07) is 8.42. The van der Waals surface area contributed by atoms with Gasteiger partial charge in [-0.1, -0.05) is 18.2 Å². The van der Waals surface area contributed by atoms with E-state index in [2.05, 4.69) is 20.6 Å². The third-order valence-corrected chi connectivity index (χ3v) is 3.97. The molecule has 0 aliphatic carbocycles. The maximum absolute atomic E-state index is 12.7. The van der Waals surface area contributed by atoms with Crippen LogP contribution in [0, 0.1) is 0 Å². The first-order chi connectivity index (χ1) is 12.0. The Morgan fingerprint density at radius 1 is 1.24 bits per heavy atom. The molecule has 1 aliphatic rings. The van der Waals surface area contributed by atoms with E-state index in [-0.39, 0.29) is 18.9 Å². The monoisotopic (exact) mass is 339 g/mol. The van der Waals surface area contributed by atoms with Gasteiger partial charge in [-0.3, -0.25) is 24.5 Å². The molecular weight excluding hydrogens is 322 g/mol. The smallest absolute Gasteiger partial charge is 0.325 e. The van der Waals surface area contributed by atoms with Gasteiger partial charge in [0.2, 0.25) is 5.91 Å². The van der Waals surface area contributed by atoms with Gasteiger partial charge in [-0.05, 0) is 19.1 Å². The van der Waals surface area contributed by atoms with E-state index in [0.717, 1.165) is 4.90 Å². The van der Waals surface area contributed by atoms with Gasteiger partial charge in [0.05, 0.1) is 11.9 Å². The minimum absolute atomic E-state index is 0.00457. The predicted molar refractivity (Wildman–Crippen MR) is 89.3 cm³/mol. The molecule has 0 bridgehead atoms. The Bertz CT molecular complexity index is 796. The second-order valence-corrected chi connectivity index (χ2v) is 5.77. The number of imide groups is 1. The third kappa shape index (κ3) is 3.32. The van der Waals surface area contributed by atoms with Crippen LogP contribution in [-0.4, -0.2) is 39.3 Å². The third-order valence-electron chi connectivity index (χ3n) is 3.97. The second-order valence-electron chi connectivity index (χ2n) is 5.77. The molecule has 2 aromatic rings. The van der Waals surface area contributed by atoms with Crippen LogP contribution >= 0.6 is 0 Å². The molecule has 8 nitrogen and oxygen atoms in total. The summed E-state index contributed by atoms with van der Waals surface area (Å²) in [5.41, 5.74) is -0.264. The van der Waals surface area contributed by atoms with Crippen LogP contribution in [0.1, 0.15) is 19.0 Å². The highest BCUT2D eigenvalue weighted by Crippen LogP contribution is 2.26. The summed E-state index contributed by atoms with van der Waals surface area (Å²) in [7, 11) is 0. The molecule has 2 heterocycles.